The van der Waals surface area contributed by atoms with Gasteiger partial charge in [0.2, 0.25) is 0 Å². The smallest absolute Gasteiger partial charge is 0.302 e. The standard InChI is InChI=1S/C18H30O3/c1-11-9-14(20-12(2)19)15-17(11,5)10-13-7-8-18(15,6)21-16(13,3)4/h11,13-15H,7-10H2,1-6H3/t11-,13-,14-,15-,17-,18+/m1/s1. The number of carbonyl (C=O) groups is 1. The third-order valence-corrected chi connectivity index (χ3v) is 6.92. The lowest BCUT2D eigenvalue weighted by molar-refractivity contribution is -0.215. The summed E-state index contributed by atoms with van der Waals surface area (Å²) in [6.07, 6.45) is 4.51. The molecule has 0 amide bonds. The van der Waals surface area contributed by atoms with Crippen molar-refractivity contribution < 1.29 is 14.3 Å². The Morgan fingerprint density at radius 2 is 1.90 bits per heavy atom. The van der Waals surface area contributed by atoms with Crippen molar-refractivity contribution in [3.05, 3.63) is 0 Å². The summed E-state index contributed by atoms with van der Waals surface area (Å²) >= 11 is 0. The molecular formula is C18H30O3. The summed E-state index contributed by atoms with van der Waals surface area (Å²) in [4.78, 5) is 11.5. The number of ether oxygens (including phenoxy) is 2. The number of esters is 1. The Kier molecular flexibility index (Phi) is 3.26. The Hall–Kier alpha value is -0.570. The number of hydrogen-bond acceptors (Lipinski definition) is 3. The topological polar surface area (TPSA) is 35.5 Å². The third-order valence-electron chi connectivity index (χ3n) is 6.92. The van der Waals surface area contributed by atoms with Crippen LogP contribution in [0.2, 0.25) is 0 Å². The second-order valence-corrected chi connectivity index (χ2v) is 8.73. The molecule has 120 valence electrons. The van der Waals surface area contributed by atoms with Crippen LogP contribution >= 0.6 is 0 Å². The molecule has 2 aliphatic carbocycles. The maximum absolute atomic E-state index is 11.5. The fourth-order valence-electron chi connectivity index (χ4n) is 5.87. The van der Waals surface area contributed by atoms with Crippen LogP contribution in [-0.4, -0.2) is 23.3 Å². The molecule has 0 unspecified atom stereocenters. The second-order valence-electron chi connectivity index (χ2n) is 8.73. The van der Waals surface area contributed by atoms with E-state index in [2.05, 4.69) is 34.6 Å². The van der Waals surface area contributed by atoms with Gasteiger partial charge in [0.1, 0.15) is 6.10 Å². The first-order valence-corrected chi connectivity index (χ1v) is 8.46. The number of hydrogen-bond donors (Lipinski definition) is 0. The van der Waals surface area contributed by atoms with Crippen molar-refractivity contribution >= 4 is 5.97 Å². The van der Waals surface area contributed by atoms with Crippen LogP contribution in [0.3, 0.4) is 0 Å². The van der Waals surface area contributed by atoms with E-state index in [1.54, 1.807) is 0 Å². The SMILES string of the molecule is CC(=O)O[C@@H]1C[C@@H](C)[C@@]2(C)C[C@H]3CC[C@](C)(OC3(C)C)[C@H]12. The third kappa shape index (κ3) is 2.15. The van der Waals surface area contributed by atoms with E-state index in [0.29, 0.717) is 17.8 Å². The summed E-state index contributed by atoms with van der Waals surface area (Å²) in [5, 5.41) is 0. The predicted octanol–water partition coefficient (Wildman–Crippen LogP) is 3.95. The molecule has 3 heteroatoms. The Morgan fingerprint density at radius 1 is 1.24 bits per heavy atom. The number of carbonyl (C=O) groups excluding carboxylic acids is 1. The quantitative estimate of drug-likeness (QED) is 0.687. The molecule has 0 aromatic carbocycles. The minimum absolute atomic E-state index is 0.0140. The summed E-state index contributed by atoms with van der Waals surface area (Å²) in [5.41, 5.74) is -0.0270. The fourth-order valence-corrected chi connectivity index (χ4v) is 5.87. The lowest BCUT2D eigenvalue weighted by Gasteiger charge is -2.49. The van der Waals surface area contributed by atoms with E-state index in [1.165, 1.54) is 19.8 Å². The molecule has 6 atom stereocenters. The molecule has 4 aliphatic rings. The van der Waals surface area contributed by atoms with Gasteiger partial charge < -0.3 is 9.47 Å². The van der Waals surface area contributed by atoms with Gasteiger partial charge in [0, 0.05) is 12.8 Å². The van der Waals surface area contributed by atoms with Crippen LogP contribution in [0.15, 0.2) is 0 Å². The normalized spacial score (nSPS) is 51.3. The predicted molar refractivity (Wildman–Crippen MR) is 81.8 cm³/mol. The molecule has 2 heterocycles. The van der Waals surface area contributed by atoms with Gasteiger partial charge in [-0.1, -0.05) is 13.8 Å². The molecule has 2 bridgehead atoms. The minimum Gasteiger partial charge on any atom is -0.462 e. The highest BCUT2D eigenvalue weighted by Gasteiger charge is 2.65. The molecule has 0 N–H and O–H groups in total. The summed E-state index contributed by atoms with van der Waals surface area (Å²) in [5.74, 6) is 1.34. The van der Waals surface area contributed by atoms with E-state index in [0.717, 1.165) is 12.8 Å². The largest absolute Gasteiger partial charge is 0.462 e. The first-order chi connectivity index (χ1) is 9.58. The molecule has 4 rings (SSSR count). The average Bonchev–Trinajstić information content (AvgIpc) is 2.44. The highest BCUT2D eigenvalue weighted by atomic mass is 16.6. The van der Waals surface area contributed by atoms with Gasteiger partial charge in [0.25, 0.3) is 0 Å². The molecule has 0 spiro atoms. The van der Waals surface area contributed by atoms with Crippen molar-refractivity contribution in [2.45, 2.75) is 84.5 Å². The van der Waals surface area contributed by atoms with Crippen LogP contribution in [0, 0.1) is 23.2 Å². The highest BCUT2D eigenvalue weighted by molar-refractivity contribution is 5.66. The van der Waals surface area contributed by atoms with Gasteiger partial charge in [0.15, 0.2) is 0 Å². The van der Waals surface area contributed by atoms with Crippen molar-refractivity contribution in [3.8, 4) is 0 Å². The molecule has 3 nitrogen and oxygen atoms in total. The van der Waals surface area contributed by atoms with Crippen LogP contribution in [0.5, 0.6) is 0 Å². The van der Waals surface area contributed by atoms with Crippen molar-refractivity contribution in [2.24, 2.45) is 23.2 Å². The van der Waals surface area contributed by atoms with E-state index in [4.69, 9.17) is 9.47 Å². The van der Waals surface area contributed by atoms with E-state index < -0.39 is 0 Å². The van der Waals surface area contributed by atoms with Gasteiger partial charge in [-0.25, -0.2) is 0 Å². The second kappa shape index (κ2) is 4.47. The van der Waals surface area contributed by atoms with Crippen molar-refractivity contribution in [3.63, 3.8) is 0 Å². The van der Waals surface area contributed by atoms with Gasteiger partial charge in [-0.05, 0) is 63.7 Å². The van der Waals surface area contributed by atoms with Crippen molar-refractivity contribution in [1.82, 2.24) is 0 Å². The zero-order valence-corrected chi connectivity index (χ0v) is 14.4. The number of rotatable bonds is 1. The van der Waals surface area contributed by atoms with E-state index in [-0.39, 0.29) is 28.7 Å². The maximum Gasteiger partial charge on any atom is 0.302 e. The Balaban J connectivity index is 2.04. The van der Waals surface area contributed by atoms with Crippen LogP contribution in [0.1, 0.15) is 67.2 Å². The first kappa shape index (κ1) is 15.3. The summed E-state index contributed by atoms with van der Waals surface area (Å²) in [6, 6.07) is 0. The van der Waals surface area contributed by atoms with E-state index in [1.807, 2.05) is 0 Å². The van der Waals surface area contributed by atoms with Crippen LogP contribution in [0.4, 0.5) is 0 Å². The average molecular weight is 294 g/mol. The van der Waals surface area contributed by atoms with Crippen molar-refractivity contribution in [1.29, 1.82) is 0 Å². The Morgan fingerprint density at radius 3 is 2.48 bits per heavy atom. The van der Waals surface area contributed by atoms with Crippen LogP contribution < -0.4 is 0 Å². The minimum atomic E-state index is -0.171. The van der Waals surface area contributed by atoms with Gasteiger partial charge in [-0.3, -0.25) is 4.79 Å². The molecule has 4 fully saturated rings. The molecule has 2 saturated heterocycles. The van der Waals surface area contributed by atoms with Crippen LogP contribution in [0.25, 0.3) is 0 Å². The van der Waals surface area contributed by atoms with Gasteiger partial charge in [0.05, 0.1) is 11.2 Å². The number of fused-ring (bicyclic) bond motifs is 2. The van der Waals surface area contributed by atoms with Gasteiger partial charge >= 0.3 is 5.97 Å². The Labute approximate surface area is 128 Å². The van der Waals surface area contributed by atoms with Gasteiger partial charge in [-0.15, -0.1) is 0 Å². The summed E-state index contributed by atoms with van der Waals surface area (Å²) in [7, 11) is 0. The molecule has 2 saturated carbocycles. The summed E-state index contributed by atoms with van der Waals surface area (Å²) < 4.78 is 12.4. The zero-order valence-electron chi connectivity index (χ0n) is 14.4. The maximum atomic E-state index is 11.5. The molecular weight excluding hydrogens is 264 g/mol. The summed E-state index contributed by atoms with van der Waals surface area (Å²) in [6.45, 7) is 13.0. The van der Waals surface area contributed by atoms with Crippen molar-refractivity contribution in [2.75, 3.05) is 0 Å². The Bertz CT molecular complexity index is 457. The zero-order chi connectivity index (χ0) is 15.6. The van der Waals surface area contributed by atoms with Gasteiger partial charge in [-0.2, -0.15) is 0 Å². The molecule has 0 radical (unpaired) electrons. The lowest BCUT2D eigenvalue weighted by Crippen LogP contribution is -2.53. The molecule has 21 heavy (non-hydrogen) atoms. The highest BCUT2D eigenvalue weighted by Crippen LogP contribution is 2.64. The van der Waals surface area contributed by atoms with E-state index >= 15 is 0 Å². The fraction of sp³-hybridized carbons (Fsp3) is 0.944. The van der Waals surface area contributed by atoms with E-state index in [9.17, 15) is 4.79 Å². The molecule has 0 aromatic heterocycles. The molecule has 2 aliphatic heterocycles. The monoisotopic (exact) mass is 294 g/mol. The molecule has 0 aromatic rings. The first-order valence-electron chi connectivity index (χ1n) is 8.46. The lowest BCUT2D eigenvalue weighted by atomic mass is 9.66. The van der Waals surface area contributed by atoms with Crippen LogP contribution in [-0.2, 0) is 14.3 Å².